The molecular weight excluding hydrogens is 236 g/mol. The molecular formula is C9H9BrO3. The molecule has 0 saturated heterocycles. The predicted octanol–water partition coefficient (Wildman–Crippen LogP) is 1.81. The van der Waals surface area contributed by atoms with Gasteiger partial charge < -0.3 is 14.6 Å². The Morgan fingerprint density at radius 2 is 2.31 bits per heavy atom. The molecule has 1 heterocycles. The lowest BCUT2D eigenvalue weighted by molar-refractivity contribution is -0.0177. The van der Waals surface area contributed by atoms with Crippen LogP contribution in [0, 0.1) is 0 Å². The number of hydrogen-bond donors (Lipinski definition) is 1. The Morgan fingerprint density at radius 3 is 3.08 bits per heavy atom. The van der Waals surface area contributed by atoms with Crippen LogP contribution in [0.3, 0.4) is 0 Å². The highest BCUT2D eigenvalue weighted by Crippen LogP contribution is 2.33. The molecule has 0 bridgehead atoms. The zero-order valence-electron chi connectivity index (χ0n) is 6.92. The van der Waals surface area contributed by atoms with Gasteiger partial charge in [-0.2, -0.15) is 0 Å². The maximum atomic E-state index is 9.12. The van der Waals surface area contributed by atoms with Crippen molar-refractivity contribution in [1.82, 2.24) is 0 Å². The fourth-order valence-electron chi connectivity index (χ4n) is 1.35. The third-order valence-electron chi connectivity index (χ3n) is 1.99. The molecule has 0 radical (unpaired) electrons. The van der Waals surface area contributed by atoms with Gasteiger partial charge in [0.1, 0.15) is 5.75 Å². The van der Waals surface area contributed by atoms with Crippen LogP contribution in [-0.4, -0.2) is 11.9 Å². The summed E-state index contributed by atoms with van der Waals surface area (Å²) in [5.74, 6) is 0.753. The molecule has 13 heavy (non-hydrogen) atoms. The SMILES string of the molecule is OCc1c(Br)ccc2c1OCOC2. The largest absolute Gasteiger partial charge is 0.467 e. The smallest absolute Gasteiger partial charge is 0.189 e. The standard InChI is InChI=1S/C9H9BrO3/c10-8-2-1-6-4-12-5-13-9(6)7(8)3-11/h1-2,11H,3-5H2. The molecule has 4 heteroatoms. The molecule has 3 nitrogen and oxygen atoms in total. The summed E-state index contributed by atoms with van der Waals surface area (Å²) < 4.78 is 11.3. The van der Waals surface area contributed by atoms with E-state index in [1.54, 1.807) is 0 Å². The Kier molecular flexibility index (Phi) is 2.53. The van der Waals surface area contributed by atoms with E-state index in [2.05, 4.69) is 15.9 Å². The summed E-state index contributed by atoms with van der Waals surface area (Å²) in [4.78, 5) is 0. The van der Waals surface area contributed by atoms with Crippen LogP contribution in [0.25, 0.3) is 0 Å². The molecule has 1 aromatic carbocycles. The fourth-order valence-corrected chi connectivity index (χ4v) is 1.78. The predicted molar refractivity (Wildman–Crippen MR) is 50.3 cm³/mol. The van der Waals surface area contributed by atoms with E-state index >= 15 is 0 Å². The Morgan fingerprint density at radius 1 is 1.46 bits per heavy atom. The molecule has 2 rings (SSSR count). The number of hydrogen-bond acceptors (Lipinski definition) is 3. The van der Waals surface area contributed by atoms with Crippen LogP contribution >= 0.6 is 15.9 Å². The summed E-state index contributed by atoms with van der Waals surface area (Å²) in [7, 11) is 0. The lowest BCUT2D eigenvalue weighted by Crippen LogP contribution is -2.13. The molecule has 0 unspecified atom stereocenters. The number of halogens is 1. The monoisotopic (exact) mass is 244 g/mol. The van der Waals surface area contributed by atoms with E-state index in [-0.39, 0.29) is 13.4 Å². The zero-order valence-corrected chi connectivity index (χ0v) is 8.50. The van der Waals surface area contributed by atoms with Crippen molar-refractivity contribution in [3.63, 3.8) is 0 Å². The topological polar surface area (TPSA) is 38.7 Å². The molecule has 0 aliphatic carbocycles. The molecule has 1 aliphatic heterocycles. The van der Waals surface area contributed by atoms with Crippen LogP contribution in [0.1, 0.15) is 11.1 Å². The van der Waals surface area contributed by atoms with Crippen LogP contribution < -0.4 is 4.74 Å². The molecule has 0 saturated carbocycles. The van der Waals surface area contributed by atoms with Crippen molar-refractivity contribution in [2.45, 2.75) is 13.2 Å². The Hall–Kier alpha value is -0.580. The Balaban J connectivity index is 2.52. The number of ether oxygens (including phenoxy) is 2. The molecule has 0 fully saturated rings. The summed E-state index contributed by atoms with van der Waals surface area (Å²) in [6, 6.07) is 3.82. The first-order valence-corrected chi connectivity index (χ1v) is 4.74. The fraction of sp³-hybridized carbons (Fsp3) is 0.333. The van der Waals surface area contributed by atoms with Gasteiger partial charge in [0.25, 0.3) is 0 Å². The zero-order chi connectivity index (χ0) is 9.26. The third-order valence-corrected chi connectivity index (χ3v) is 2.73. The second kappa shape index (κ2) is 3.65. The van der Waals surface area contributed by atoms with Gasteiger partial charge in [0.15, 0.2) is 6.79 Å². The van der Waals surface area contributed by atoms with Crippen molar-refractivity contribution in [1.29, 1.82) is 0 Å². The van der Waals surface area contributed by atoms with Gasteiger partial charge in [0.2, 0.25) is 0 Å². The summed E-state index contributed by atoms with van der Waals surface area (Å²) in [6.07, 6.45) is 0. The molecule has 0 spiro atoms. The van der Waals surface area contributed by atoms with Gasteiger partial charge in [-0.15, -0.1) is 0 Å². The minimum atomic E-state index is -0.0241. The van der Waals surface area contributed by atoms with E-state index in [0.29, 0.717) is 6.61 Å². The third kappa shape index (κ3) is 1.57. The van der Waals surface area contributed by atoms with E-state index < -0.39 is 0 Å². The quantitative estimate of drug-likeness (QED) is 0.819. The molecule has 0 aromatic heterocycles. The van der Waals surface area contributed by atoms with Gasteiger partial charge in [-0.1, -0.05) is 22.0 Å². The van der Waals surface area contributed by atoms with Gasteiger partial charge in [-0.05, 0) is 6.07 Å². The number of rotatable bonds is 1. The first-order chi connectivity index (χ1) is 6.33. The summed E-state index contributed by atoms with van der Waals surface area (Å²) in [6.45, 7) is 0.788. The van der Waals surface area contributed by atoms with Crippen molar-refractivity contribution in [3.8, 4) is 5.75 Å². The molecule has 1 N–H and O–H groups in total. The van der Waals surface area contributed by atoms with Crippen LogP contribution in [0.2, 0.25) is 0 Å². The van der Waals surface area contributed by atoms with Crippen molar-refractivity contribution in [3.05, 3.63) is 27.7 Å². The highest BCUT2D eigenvalue weighted by atomic mass is 79.9. The second-order valence-electron chi connectivity index (χ2n) is 2.78. The van der Waals surface area contributed by atoms with Crippen molar-refractivity contribution < 1.29 is 14.6 Å². The average Bonchev–Trinajstić information content (AvgIpc) is 2.18. The van der Waals surface area contributed by atoms with Crippen LogP contribution in [-0.2, 0) is 18.0 Å². The normalized spacial score (nSPS) is 14.9. The van der Waals surface area contributed by atoms with E-state index in [0.717, 1.165) is 21.3 Å². The Bertz CT molecular complexity index is 325. The summed E-state index contributed by atoms with van der Waals surface area (Å²) >= 11 is 3.35. The maximum absolute atomic E-state index is 9.12. The lowest BCUT2D eigenvalue weighted by atomic mass is 10.1. The molecule has 1 aliphatic rings. The van der Waals surface area contributed by atoms with Gasteiger partial charge in [-0.25, -0.2) is 0 Å². The van der Waals surface area contributed by atoms with E-state index in [4.69, 9.17) is 14.6 Å². The van der Waals surface area contributed by atoms with E-state index in [1.807, 2.05) is 12.1 Å². The first kappa shape index (κ1) is 8.99. The highest BCUT2D eigenvalue weighted by molar-refractivity contribution is 9.10. The van der Waals surface area contributed by atoms with Crippen LogP contribution in [0.15, 0.2) is 16.6 Å². The van der Waals surface area contributed by atoms with Crippen LogP contribution in [0.4, 0.5) is 0 Å². The number of aliphatic hydroxyl groups excluding tert-OH is 1. The molecule has 1 aromatic rings. The number of fused-ring (bicyclic) bond motifs is 1. The average molecular weight is 245 g/mol. The minimum absolute atomic E-state index is 0.0241. The van der Waals surface area contributed by atoms with E-state index in [1.165, 1.54) is 0 Å². The number of aliphatic hydroxyl groups is 1. The Labute approximate surface area is 84.4 Å². The highest BCUT2D eigenvalue weighted by Gasteiger charge is 2.16. The first-order valence-electron chi connectivity index (χ1n) is 3.94. The van der Waals surface area contributed by atoms with Gasteiger partial charge in [0, 0.05) is 15.6 Å². The van der Waals surface area contributed by atoms with Gasteiger partial charge in [0.05, 0.1) is 13.2 Å². The minimum Gasteiger partial charge on any atom is -0.467 e. The van der Waals surface area contributed by atoms with E-state index in [9.17, 15) is 0 Å². The van der Waals surface area contributed by atoms with Crippen molar-refractivity contribution >= 4 is 15.9 Å². The van der Waals surface area contributed by atoms with Gasteiger partial charge in [-0.3, -0.25) is 0 Å². The van der Waals surface area contributed by atoms with Crippen molar-refractivity contribution in [2.24, 2.45) is 0 Å². The molecule has 0 atom stereocenters. The maximum Gasteiger partial charge on any atom is 0.189 e. The van der Waals surface area contributed by atoms with Gasteiger partial charge >= 0.3 is 0 Å². The summed E-state index contributed by atoms with van der Waals surface area (Å²) in [5.41, 5.74) is 1.78. The van der Waals surface area contributed by atoms with Crippen molar-refractivity contribution in [2.75, 3.05) is 6.79 Å². The lowest BCUT2D eigenvalue weighted by Gasteiger charge is -2.20. The van der Waals surface area contributed by atoms with Crippen LogP contribution in [0.5, 0.6) is 5.75 Å². The molecule has 0 amide bonds. The number of benzene rings is 1. The molecule has 70 valence electrons. The second-order valence-corrected chi connectivity index (χ2v) is 3.64. The summed E-state index contributed by atoms with van der Waals surface area (Å²) in [5, 5.41) is 9.12.